The largest absolute Gasteiger partial charge is 0.493 e. The van der Waals surface area contributed by atoms with Crippen molar-refractivity contribution in [2.75, 3.05) is 13.1 Å². The van der Waals surface area contributed by atoms with Crippen LogP contribution in [-0.4, -0.2) is 51.0 Å². The van der Waals surface area contributed by atoms with Crippen LogP contribution in [0.15, 0.2) is 42.6 Å². The lowest BCUT2D eigenvalue weighted by Crippen LogP contribution is -2.60. The Hall–Kier alpha value is -2.64. The number of amides is 2. The Morgan fingerprint density at radius 2 is 1.81 bits per heavy atom. The predicted molar refractivity (Wildman–Crippen MR) is 122 cm³/mol. The molecule has 2 heterocycles. The summed E-state index contributed by atoms with van der Waals surface area (Å²) in [7, 11) is 0. The van der Waals surface area contributed by atoms with Gasteiger partial charge in [-0.25, -0.2) is 4.98 Å². The Morgan fingerprint density at radius 1 is 1.16 bits per heavy atom. The Bertz CT molecular complexity index is 976. The van der Waals surface area contributed by atoms with Gasteiger partial charge in [-0.2, -0.15) is 0 Å². The fourth-order valence-electron chi connectivity index (χ4n) is 4.23. The summed E-state index contributed by atoms with van der Waals surface area (Å²) in [5.74, 6) is -0.941. The van der Waals surface area contributed by atoms with E-state index >= 15 is 0 Å². The molecule has 2 amide bonds. The van der Waals surface area contributed by atoms with E-state index < -0.39 is 23.0 Å². The maximum atomic E-state index is 13.4. The number of pyridine rings is 1. The molecule has 3 N–H and O–H groups in total. The summed E-state index contributed by atoms with van der Waals surface area (Å²) in [5.41, 5.74) is -0.700. The van der Waals surface area contributed by atoms with E-state index in [4.69, 9.17) is 11.6 Å². The van der Waals surface area contributed by atoms with Gasteiger partial charge in [0.25, 0.3) is 5.91 Å². The van der Waals surface area contributed by atoms with Crippen molar-refractivity contribution in [3.05, 3.63) is 58.7 Å². The number of hydrogen-bond donors (Lipinski definition) is 3. The molecule has 1 aliphatic rings. The molecule has 0 spiro atoms. The van der Waals surface area contributed by atoms with Crippen molar-refractivity contribution in [2.24, 2.45) is 11.3 Å². The summed E-state index contributed by atoms with van der Waals surface area (Å²) in [6, 6.07) is 9.21. The summed E-state index contributed by atoms with van der Waals surface area (Å²) in [5, 5.41) is 24.3. The number of aromatic hydroxyl groups is 1. The molecule has 0 saturated carbocycles. The van der Waals surface area contributed by atoms with Gasteiger partial charge in [0.15, 0.2) is 0 Å². The average molecular weight is 460 g/mol. The van der Waals surface area contributed by atoms with Crippen molar-refractivity contribution < 1.29 is 19.8 Å². The lowest BCUT2D eigenvalue weighted by atomic mass is 9.66. The van der Waals surface area contributed by atoms with Gasteiger partial charge < -0.3 is 20.4 Å². The lowest BCUT2D eigenvalue weighted by molar-refractivity contribution is -0.155. The van der Waals surface area contributed by atoms with Crippen LogP contribution in [0.3, 0.4) is 0 Å². The first kappa shape index (κ1) is 24.0. The molecule has 2 atom stereocenters. The van der Waals surface area contributed by atoms with Crippen LogP contribution in [0.25, 0.3) is 0 Å². The molecule has 0 radical (unpaired) electrons. The van der Waals surface area contributed by atoms with Crippen molar-refractivity contribution >= 4 is 23.4 Å². The average Bonchev–Trinajstić information content (AvgIpc) is 2.74. The van der Waals surface area contributed by atoms with Gasteiger partial charge in [-0.15, -0.1) is 0 Å². The molecule has 8 heteroatoms. The Kier molecular flexibility index (Phi) is 6.81. The second kappa shape index (κ2) is 9.08. The summed E-state index contributed by atoms with van der Waals surface area (Å²) in [6.45, 7) is 8.32. The molecule has 0 bridgehead atoms. The van der Waals surface area contributed by atoms with Crippen molar-refractivity contribution in [2.45, 2.75) is 45.8 Å². The highest BCUT2D eigenvalue weighted by atomic mass is 35.5. The van der Waals surface area contributed by atoms with E-state index in [0.29, 0.717) is 24.5 Å². The van der Waals surface area contributed by atoms with Crippen LogP contribution in [0.5, 0.6) is 5.88 Å². The third-order valence-electron chi connectivity index (χ3n) is 6.31. The Labute approximate surface area is 193 Å². The molecule has 7 nitrogen and oxygen atoms in total. The molecule has 32 heavy (non-hydrogen) atoms. The minimum Gasteiger partial charge on any atom is -0.493 e. The number of rotatable bonds is 5. The monoisotopic (exact) mass is 459 g/mol. The zero-order valence-electron chi connectivity index (χ0n) is 18.8. The van der Waals surface area contributed by atoms with E-state index in [0.717, 1.165) is 5.56 Å². The van der Waals surface area contributed by atoms with Crippen LogP contribution >= 0.6 is 11.6 Å². The van der Waals surface area contributed by atoms with Crippen molar-refractivity contribution in [3.8, 4) is 5.88 Å². The number of benzene rings is 1. The van der Waals surface area contributed by atoms with Crippen LogP contribution in [-0.2, 0) is 10.4 Å². The second-order valence-corrected chi connectivity index (χ2v) is 9.80. The molecule has 1 saturated heterocycles. The topological polar surface area (TPSA) is 103 Å². The molecule has 0 aliphatic carbocycles. The van der Waals surface area contributed by atoms with Crippen LogP contribution in [0.4, 0.5) is 0 Å². The normalized spacial score (nSPS) is 21.3. The summed E-state index contributed by atoms with van der Waals surface area (Å²) in [4.78, 5) is 31.5. The van der Waals surface area contributed by atoms with Gasteiger partial charge in [0.1, 0.15) is 6.04 Å². The number of carbonyl (C=O) groups is 2. The van der Waals surface area contributed by atoms with Gasteiger partial charge in [0.05, 0.1) is 11.2 Å². The number of aromatic nitrogens is 1. The van der Waals surface area contributed by atoms with Crippen LogP contribution in [0, 0.1) is 11.3 Å². The molecule has 1 aromatic heterocycles. The number of carbonyl (C=O) groups excluding carboxylic acids is 2. The fourth-order valence-corrected chi connectivity index (χ4v) is 4.35. The second-order valence-electron chi connectivity index (χ2n) is 9.36. The Morgan fingerprint density at radius 3 is 2.34 bits per heavy atom. The maximum Gasteiger partial charge on any atom is 0.253 e. The summed E-state index contributed by atoms with van der Waals surface area (Å²) >= 11 is 6.00. The lowest BCUT2D eigenvalue weighted by Gasteiger charge is -2.51. The van der Waals surface area contributed by atoms with Crippen LogP contribution < -0.4 is 5.32 Å². The van der Waals surface area contributed by atoms with Gasteiger partial charge in [-0.3, -0.25) is 9.59 Å². The minimum absolute atomic E-state index is 0.142. The molecule has 1 aromatic carbocycles. The third-order valence-corrected chi connectivity index (χ3v) is 6.56. The third kappa shape index (κ3) is 4.74. The number of nitrogens with one attached hydrogen (secondary N) is 1. The SMILES string of the molecule is CC(C)[C@@H](NC(=O)c1ccc(O)nc1)C(=O)N1CC[C@](O)(c2ccc(Cl)cc2)C(C)(C)C1. The number of halogens is 1. The van der Waals surface area contributed by atoms with Gasteiger partial charge in [0, 0.05) is 35.8 Å². The number of hydrogen-bond acceptors (Lipinski definition) is 5. The first-order valence-electron chi connectivity index (χ1n) is 10.7. The van der Waals surface area contributed by atoms with E-state index in [-0.39, 0.29) is 23.3 Å². The summed E-state index contributed by atoms with van der Waals surface area (Å²) in [6.07, 6.45) is 1.64. The zero-order chi connectivity index (χ0) is 23.7. The number of aliphatic hydroxyl groups is 1. The number of piperidine rings is 1. The highest BCUT2D eigenvalue weighted by Gasteiger charge is 2.50. The molecule has 1 aliphatic heterocycles. The van der Waals surface area contributed by atoms with Crippen molar-refractivity contribution in [3.63, 3.8) is 0 Å². The van der Waals surface area contributed by atoms with E-state index in [1.54, 1.807) is 17.0 Å². The first-order chi connectivity index (χ1) is 14.9. The van der Waals surface area contributed by atoms with Crippen LogP contribution in [0.1, 0.15) is 50.0 Å². The highest BCUT2D eigenvalue weighted by Crippen LogP contribution is 2.46. The minimum atomic E-state index is -1.11. The highest BCUT2D eigenvalue weighted by molar-refractivity contribution is 6.30. The van der Waals surface area contributed by atoms with Crippen molar-refractivity contribution in [1.82, 2.24) is 15.2 Å². The molecule has 2 aromatic rings. The molecule has 172 valence electrons. The first-order valence-corrected chi connectivity index (χ1v) is 11.1. The van der Waals surface area contributed by atoms with E-state index in [1.807, 2.05) is 39.8 Å². The zero-order valence-corrected chi connectivity index (χ0v) is 19.6. The van der Waals surface area contributed by atoms with Gasteiger partial charge in [0.2, 0.25) is 11.8 Å². The van der Waals surface area contributed by atoms with E-state index in [1.165, 1.54) is 18.3 Å². The standard InChI is InChI=1S/C24H30ClN3O4/c1-15(2)20(27-21(30)16-5-10-19(29)26-13-16)22(31)28-12-11-24(32,23(3,4)14-28)17-6-8-18(25)9-7-17/h5-10,13,15,20,32H,11-12,14H2,1-4H3,(H,26,29)(H,27,30)/t20-,24+/m1/s1. The fraction of sp³-hybridized carbons (Fsp3) is 0.458. The quantitative estimate of drug-likeness (QED) is 0.636. The van der Waals surface area contributed by atoms with E-state index in [9.17, 15) is 19.8 Å². The molecule has 3 rings (SSSR count). The molecule has 1 fully saturated rings. The van der Waals surface area contributed by atoms with Gasteiger partial charge >= 0.3 is 0 Å². The maximum absolute atomic E-state index is 13.4. The molecular weight excluding hydrogens is 430 g/mol. The van der Waals surface area contributed by atoms with Gasteiger partial charge in [-0.1, -0.05) is 51.4 Å². The number of nitrogens with zero attached hydrogens (tertiary/aromatic N) is 2. The van der Waals surface area contributed by atoms with Gasteiger partial charge in [-0.05, 0) is 36.1 Å². The van der Waals surface area contributed by atoms with E-state index in [2.05, 4.69) is 10.3 Å². The molecular formula is C24H30ClN3O4. The van der Waals surface area contributed by atoms with Crippen molar-refractivity contribution in [1.29, 1.82) is 0 Å². The smallest absolute Gasteiger partial charge is 0.253 e. The molecule has 0 unspecified atom stereocenters. The Balaban J connectivity index is 1.76. The number of likely N-dealkylation sites (tertiary alicyclic amines) is 1. The predicted octanol–water partition coefficient (Wildman–Crippen LogP) is 3.34. The summed E-state index contributed by atoms with van der Waals surface area (Å²) < 4.78 is 0. The van der Waals surface area contributed by atoms with Crippen LogP contribution in [0.2, 0.25) is 5.02 Å².